The maximum Gasteiger partial charge on any atom is 0.181 e. The summed E-state index contributed by atoms with van der Waals surface area (Å²) in [6.45, 7) is 0. The predicted molar refractivity (Wildman–Crippen MR) is 60.5 cm³/mol. The van der Waals surface area contributed by atoms with Crippen molar-refractivity contribution < 1.29 is 4.39 Å². The van der Waals surface area contributed by atoms with Crippen LogP contribution in [0.3, 0.4) is 0 Å². The van der Waals surface area contributed by atoms with Gasteiger partial charge in [-0.1, -0.05) is 12.1 Å². The van der Waals surface area contributed by atoms with Crippen LogP contribution in [0.15, 0.2) is 42.9 Å². The highest BCUT2D eigenvalue weighted by atomic mass is 19.1. The lowest BCUT2D eigenvalue weighted by molar-refractivity contribution is 0.630. The van der Waals surface area contributed by atoms with Gasteiger partial charge in [0.1, 0.15) is 11.3 Å². The Balaban J connectivity index is 2.22. The lowest BCUT2D eigenvalue weighted by atomic mass is 10.2. The Labute approximate surface area is 96.2 Å². The molecule has 2 heterocycles. The molecule has 0 N–H and O–H groups in total. The van der Waals surface area contributed by atoms with Gasteiger partial charge < -0.3 is 0 Å². The zero-order valence-electron chi connectivity index (χ0n) is 8.71. The molecule has 0 atom stereocenters. The van der Waals surface area contributed by atoms with Gasteiger partial charge in [0.05, 0.1) is 11.8 Å². The normalized spacial score (nSPS) is 10.6. The van der Waals surface area contributed by atoms with Gasteiger partial charge in [-0.05, 0) is 12.1 Å². The van der Waals surface area contributed by atoms with E-state index in [0.717, 1.165) is 0 Å². The lowest BCUT2D eigenvalue weighted by Crippen LogP contribution is -1.94. The third kappa shape index (κ3) is 1.71. The third-order valence-electron chi connectivity index (χ3n) is 2.34. The van der Waals surface area contributed by atoms with E-state index in [1.54, 1.807) is 30.6 Å². The van der Waals surface area contributed by atoms with Crippen molar-refractivity contribution in [3.8, 4) is 11.4 Å². The Kier molecular flexibility index (Phi) is 2.22. The number of hydrogen-bond donors (Lipinski definition) is 0. The molecule has 0 aliphatic heterocycles. The van der Waals surface area contributed by atoms with Gasteiger partial charge in [-0.25, -0.2) is 24.3 Å². The van der Waals surface area contributed by atoms with E-state index in [-0.39, 0.29) is 5.82 Å². The molecule has 0 spiro atoms. The largest absolute Gasteiger partial charge is 0.250 e. The number of benzene rings is 1. The molecule has 0 bridgehead atoms. The van der Waals surface area contributed by atoms with Crippen LogP contribution in [0.4, 0.5) is 4.39 Å². The Bertz CT molecular complexity index is 684. The van der Waals surface area contributed by atoms with Crippen molar-refractivity contribution in [2.75, 3.05) is 0 Å². The molecule has 3 rings (SSSR count). The molecule has 5 heteroatoms. The first-order valence-electron chi connectivity index (χ1n) is 5.03. The van der Waals surface area contributed by atoms with E-state index in [4.69, 9.17) is 0 Å². The summed E-state index contributed by atoms with van der Waals surface area (Å²) < 4.78 is 13.6. The van der Waals surface area contributed by atoms with Crippen LogP contribution in [0, 0.1) is 5.82 Å². The first-order valence-corrected chi connectivity index (χ1v) is 5.03. The number of halogens is 1. The van der Waals surface area contributed by atoms with Crippen molar-refractivity contribution in [1.29, 1.82) is 0 Å². The van der Waals surface area contributed by atoms with Gasteiger partial charge in [0.15, 0.2) is 11.5 Å². The topological polar surface area (TPSA) is 51.6 Å². The smallest absolute Gasteiger partial charge is 0.181 e. The Hall–Kier alpha value is -2.43. The van der Waals surface area contributed by atoms with Crippen LogP contribution in [0.25, 0.3) is 22.6 Å². The van der Waals surface area contributed by atoms with E-state index in [1.165, 1.54) is 12.3 Å². The fourth-order valence-electron chi connectivity index (χ4n) is 1.54. The van der Waals surface area contributed by atoms with Crippen molar-refractivity contribution in [1.82, 2.24) is 19.9 Å². The highest BCUT2D eigenvalue weighted by Crippen LogP contribution is 2.19. The molecule has 0 aliphatic rings. The van der Waals surface area contributed by atoms with Crippen molar-refractivity contribution >= 4 is 11.2 Å². The van der Waals surface area contributed by atoms with Gasteiger partial charge in [-0.15, -0.1) is 0 Å². The Morgan fingerprint density at radius 1 is 0.941 bits per heavy atom. The van der Waals surface area contributed by atoms with E-state index in [2.05, 4.69) is 19.9 Å². The second kappa shape index (κ2) is 3.86. The molecule has 3 aromatic rings. The van der Waals surface area contributed by atoms with Gasteiger partial charge in [0.2, 0.25) is 0 Å². The van der Waals surface area contributed by atoms with Crippen LogP contribution in [-0.2, 0) is 0 Å². The minimum Gasteiger partial charge on any atom is -0.250 e. The van der Waals surface area contributed by atoms with Crippen LogP contribution in [0.2, 0.25) is 0 Å². The molecule has 0 saturated carbocycles. The Morgan fingerprint density at radius 2 is 1.76 bits per heavy atom. The molecule has 0 fully saturated rings. The van der Waals surface area contributed by atoms with Gasteiger partial charge in [-0.3, -0.25) is 0 Å². The predicted octanol–water partition coefficient (Wildman–Crippen LogP) is 2.23. The average molecular weight is 226 g/mol. The molecule has 0 saturated heterocycles. The zero-order chi connectivity index (χ0) is 11.7. The van der Waals surface area contributed by atoms with E-state index >= 15 is 0 Å². The maximum atomic E-state index is 13.6. The molecule has 0 radical (unpaired) electrons. The second-order valence-corrected chi connectivity index (χ2v) is 3.44. The fourth-order valence-corrected chi connectivity index (χ4v) is 1.54. The van der Waals surface area contributed by atoms with E-state index in [9.17, 15) is 4.39 Å². The van der Waals surface area contributed by atoms with Crippen molar-refractivity contribution in [2.45, 2.75) is 0 Å². The molecule has 0 amide bonds. The second-order valence-electron chi connectivity index (χ2n) is 3.44. The molecule has 17 heavy (non-hydrogen) atoms. The van der Waals surface area contributed by atoms with Gasteiger partial charge in [0, 0.05) is 12.4 Å². The lowest BCUT2D eigenvalue weighted by Gasteiger charge is -2.01. The average Bonchev–Trinajstić information content (AvgIpc) is 2.39. The van der Waals surface area contributed by atoms with E-state index in [0.29, 0.717) is 22.6 Å². The highest BCUT2D eigenvalue weighted by Gasteiger charge is 2.08. The summed E-state index contributed by atoms with van der Waals surface area (Å²) in [7, 11) is 0. The number of aromatic nitrogens is 4. The number of nitrogens with zero attached hydrogens (tertiary/aromatic N) is 4. The summed E-state index contributed by atoms with van der Waals surface area (Å²) in [5, 5.41) is 0. The minimum atomic E-state index is -0.351. The van der Waals surface area contributed by atoms with Crippen LogP contribution in [0.1, 0.15) is 0 Å². The first-order chi connectivity index (χ1) is 8.34. The molecule has 4 nitrogen and oxygen atoms in total. The summed E-state index contributed by atoms with van der Waals surface area (Å²) in [5.41, 5.74) is 1.41. The van der Waals surface area contributed by atoms with Gasteiger partial charge in [-0.2, -0.15) is 0 Å². The third-order valence-corrected chi connectivity index (χ3v) is 2.34. The van der Waals surface area contributed by atoms with Crippen LogP contribution in [-0.4, -0.2) is 19.9 Å². The summed E-state index contributed by atoms with van der Waals surface area (Å²) in [6.07, 6.45) is 4.64. The van der Waals surface area contributed by atoms with Crippen molar-refractivity contribution in [3.63, 3.8) is 0 Å². The van der Waals surface area contributed by atoms with Gasteiger partial charge in [0.25, 0.3) is 0 Å². The first kappa shape index (κ1) is 9.77. The van der Waals surface area contributed by atoms with Crippen LogP contribution in [0.5, 0.6) is 0 Å². The van der Waals surface area contributed by atoms with Crippen molar-refractivity contribution in [3.05, 3.63) is 48.7 Å². The highest BCUT2D eigenvalue weighted by molar-refractivity contribution is 5.71. The monoisotopic (exact) mass is 226 g/mol. The summed E-state index contributed by atoms with van der Waals surface area (Å²) >= 11 is 0. The van der Waals surface area contributed by atoms with Crippen LogP contribution < -0.4 is 0 Å². The fraction of sp³-hybridized carbons (Fsp3) is 0. The quantitative estimate of drug-likeness (QED) is 0.638. The number of fused-ring (bicyclic) bond motifs is 1. The summed E-state index contributed by atoms with van der Waals surface area (Å²) in [6, 6.07) is 6.37. The molecule has 0 unspecified atom stereocenters. The maximum absolute atomic E-state index is 13.6. The molecular weight excluding hydrogens is 219 g/mol. The zero-order valence-corrected chi connectivity index (χ0v) is 8.71. The standard InChI is InChI=1S/C12H7FN4/c13-9-4-2-1-3-8(9)11-16-7-10-12(17-11)15-6-5-14-10/h1-7H. The summed E-state index contributed by atoms with van der Waals surface area (Å²) in [4.78, 5) is 16.4. The Morgan fingerprint density at radius 3 is 2.65 bits per heavy atom. The minimum absolute atomic E-state index is 0.316. The molecule has 2 aromatic heterocycles. The van der Waals surface area contributed by atoms with Gasteiger partial charge >= 0.3 is 0 Å². The van der Waals surface area contributed by atoms with E-state index in [1.807, 2.05) is 0 Å². The molecular formula is C12H7FN4. The SMILES string of the molecule is Fc1ccccc1-c1ncc2nccnc2n1. The van der Waals surface area contributed by atoms with Crippen molar-refractivity contribution in [2.24, 2.45) is 0 Å². The molecule has 1 aromatic carbocycles. The van der Waals surface area contributed by atoms with E-state index < -0.39 is 0 Å². The summed E-state index contributed by atoms with van der Waals surface area (Å²) in [5.74, 6) is -0.0353. The number of hydrogen-bond acceptors (Lipinski definition) is 4. The molecule has 0 aliphatic carbocycles. The van der Waals surface area contributed by atoms with Crippen LogP contribution >= 0.6 is 0 Å². The number of rotatable bonds is 1. The molecule has 82 valence electrons.